The maximum absolute atomic E-state index is 12.5. The Kier molecular flexibility index (Phi) is 3.22. The summed E-state index contributed by atoms with van der Waals surface area (Å²) in [5, 5.41) is 2.96. The number of nitrogens with one attached hydrogen (secondary N) is 1. The van der Waals surface area contributed by atoms with Crippen molar-refractivity contribution >= 4 is 17.1 Å². The van der Waals surface area contributed by atoms with E-state index in [9.17, 15) is 4.79 Å². The summed E-state index contributed by atoms with van der Waals surface area (Å²) in [4.78, 5) is 16.9. The van der Waals surface area contributed by atoms with Gasteiger partial charge in [0.15, 0.2) is 5.69 Å². The molecular weight excluding hydrogens is 262 g/mol. The van der Waals surface area contributed by atoms with Crippen LogP contribution >= 0.6 is 0 Å². The Bertz CT molecular complexity index is 833. The first-order valence-electron chi connectivity index (χ1n) is 6.89. The van der Waals surface area contributed by atoms with Crippen molar-refractivity contribution < 1.29 is 4.79 Å². The molecule has 2 heterocycles. The first-order chi connectivity index (χ1) is 10.1. The number of aromatic nitrogens is 2. The Morgan fingerprint density at radius 2 is 1.90 bits per heavy atom. The van der Waals surface area contributed by atoms with Gasteiger partial charge in [-0.05, 0) is 50.1 Å². The van der Waals surface area contributed by atoms with E-state index in [1.807, 2.05) is 67.8 Å². The van der Waals surface area contributed by atoms with E-state index < -0.39 is 0 Å². The minimum atomic E-state index is -0.180. The molecular formula is C17H17N3O. The summed E-state index contributed by atoms with van der Waals surface area (Å²) in [6.07, 6.45) is 1.91. The van der Waals surface area contributed by atoms with Crippen LogP contribution in [0.25, 0.3) is 5.52 Å². The highest BCUT2D eigenvalue weighted by Gasteiger charge is 2.16. The number of hydrogen-bond acceptors (Lipinski definition) is 2. The van der Waals surface area contributed by atoms with Crippen molar-refractivity contribution in [1.29, 1.82) is 0 Å². The second-order valence-electron chi connectivity index (χ2n) is 5.17. The fraction of sp³-hybridized carbons (Fsp3) is 0.176. The largest absolute Gasteiger partial charge is 0.320 e. The molecule has 0 fully saturated rings. The van der Waals surface area contributed by atoms with Crippen LogP contribution in [-0.2, 0) is 0 Å². The molecule has 3 rings (SSSR count). The lowest BCUT2D eigenvalue weighted by Crippen LogP contribution is -2.14. The van der Waals surface area contributed by atoms with Crippen LogP contribution in [0.2, 0.25) is 0 Å². The van der Waals surface area contributed by atoms with Gasteiger partial charge in [-0.3, -0.25) is 4.79 Å². The first-order valence-corrected chi connectivity index (χ1v) is 6.89. The van der Waals surface area contributed by atoms with Crippen molar-refractivity contribution in [2.24, 2.45) is 0 Å². The maximum Gasteiger partial charge on any atom is 0.276 e. The molecule has 0 saturated carbocycles. The van der Waals surface area contributed by atoms with Gasteiger partial charge in [0, 0.05) is 11.9 Å². The third kappa shape index (κ3) is 2.29. The van der Waals surface area contributed by atoms with E-state index in [1.54, 1.807) is 0 Å². The Morgan fingerprint density at radius 1 is 1.10 bits per heavy atom. The van der Waals surface area contributed by atoms with Crippen LogP contribution in [-0.4, -0.2) is 15.3 Å². The van der Waals surface area contributed by atoms with E-state index in [-0.39, 0.29) is 5.91 Å². The quantitative estimate of drug-likeness (QED) is 0.780. The summed E-state index contributed by atoms with van der Waals surface area (Å²) in [6.45, 7) is 5.92. The van der Waals surface area contributed by atoms with Gasteiger partial charge in [0.1, 0.15) is 5.82 Å². The van der Waals surface area contributed by atoms with Crippen LogP contribution < -0.4 is 5.32 Å². The molecule has 0 aliphatic carbocycles. The van der Waals surface area contributed by atoms with Crippen LogP contribution in [0.1, 0.15) is 27.4 Å². The fourth-order valence-corrected chi connectivity index (χ4v) is 2.43. The van der Waals surface area contributed by atoms with E-state index in [1.165, 1.54) is 0 Å². The SMILES string of the molecule is Cc1cccc(NC(=O)c2nc(C)n3ccccc23)c1C. The number of nitrogens with zero attached hydrogens (tertiary/aromatic N) is 2. The van der Waals surface area contributed by atoms with Crippen molar-refractivity contribution in [2.45, 2.75) is 20.8 Å². The topological polar surface area (TPSA) is 46.4 Å². The van der Waals surface area contributed by atoms with Gasteiger partial charge in [-0.2, -0.15) is 0 Å². The Balaban J connectivity index is 2.00. The number of rotatable bonds is 2. The van der Waals surface area contributed by atoms with Crippen LogP contribution in [0.15, 0.2) is 42.6 Å². The molecule has 0 spiro atoms. The average molecular weight is 279 g/mol. The molecule has 0 unspecified atom stereocenters. The zero-order valence-electron chi connectivity index (χ0n) is 12.3. The number of anilines is 1. The lowest BCUT2D eigenvalue weighted by molar-refractivity contribution is 0.102. The summed E-state index contributed by atoms with van der Waals surface area (Å²) in [5.74, 6) is 0.622. The van der Waals surface area contributed by atoms with Crippen LogP contribution in [0, 0.1) is 20.8 Å². The van der Waals surface area contributed by atoms with Crippen molar-refractivity contribution in [1.82, 2.24) is 9.38 Å². The Labute approximate surface area is 123 Å². The van der Waals surface area contributed by atoms with Crippen LogP contribution in [0.5, 0.6) is 0 Å². The molecule has 1 aromatic carbocycles. The smallest absolute Gasteiger partial charge is 0.276 e. The molecule has 1 N–H and O–H groups in total. The Hall–Kier alpha value is -2.62. The van der Waals surface area contributed by atoms with Gasteiger partial charge in [0.25, 0.3) is 5.91 Å². The average Bonchev–Trinajstić information content (AvgIpc) is 2.82. The number of imidazole rings is 1. The van der Waals surface area contributed by atoms with Crippen molar-refractivity contribution in [3.63, 3.8) is 0 Å². The maximum atomic E-state index is 12.5. The number of fused-ring (bicyclic) bond motifs is 1. The van der Waals surface area contributed by atoms with Crippen LogP contribution in [0.4, 0.5) is 5.69 Å². The summed E-state index contributed by atoms with van der Waals surface area (Å²) < 4.78 is 1.91. The molecule has 0 aliphatic rings. The lowest BCUT2D eigenvalue weighted by Gasteiger charge is -2.09. The second-order valence-corrected chi connectivity index (χ2v) is 5.17. The third-order valence-electron chi connectivity index (χ3n) is 3.79. The highest BCUT2D eigenvalue weighted by molar-refractivity contribution is 6.07. The summed E-state index contributed by atoms with van der Waals surface area (Å²) >= 11 is 0. The van der Waals surface area contributed by atoms with Crippen molar-refractivity contribution in [3.05, 3.63) is 65.2 Å². The minimum Gasteiger partial charge on any atom is -0.320 e. The summed E-state index contributed by atoms with van der Waals surface area (Å²) in [6, 6.07) is 11.6. The molecule has 0 radical (unpaired) electrons. The van der Waals surface area contributed by atoms with E-state index in [0.717, 1.165) is 28.2 Å². The Morgan fingerprint density at radius 3 is 2.71 bits per heavy atom. The number of hydrogen-bond donors (Lipinski definition) is 1. The van der Waals surface area contributed by atoms with Crippen molar-refractivity contribution in [3.8, 4) is 0 Å². The van der Waals surface area contributed by atoms with Gasteiger partial charge in [0.2, 0.25) is 0 Å². The number of benzene rings is 1. The van der Waals surface area contributed by atoms with E-state index in [4.69, 9.17) is 0 Å². The van der Waals surface area contributed by atoms with Gasteiger partial charge >= 0.3 is 0 Å². The molecule has 2 aromatic heterocycles. The van der Waals surface area contributed by atoms with E-state index >= 15 is 0 Å². The highest BCUT2D eigenvalue weighted by Crippen LogP contribution is 2.20. The first kappa shape index (κ1) is 13.4. The molecule has 21 heavy (non-hydrogen) atoms. The fourth-order valence-electron chi connectivity index (χ4n) is 2.43. The predicted octanol–water partition coefficient (Wildman–Crippen LogP) is 3.51. The van der Waals surface area contributed by atoms with Crippen LogP contribution in [0.3, 0.4) is 0 Å². The normalized spacial score (nSPS) is 10.8. The predicted molar refractivity (Wildman–Crippen MR) is 83.8 cm³/mol. The number of aryl methyl sites for hydroxylation is 2. The molecule has 3 aromatic rings. The van der Waals surface area contributed by atoms with Gasteiger partial charge in [-0.15, -0.1) is 0 Å². The van der Waals surface area contributed by atoms with Gasteiger partial charge in [-0.25, -0.2) is 4.98 Å². The zero-order valence-corrected chi connectivity index (χ0v) is 12.3. The summed E-state index contributed by atoms with van der Waals surface area (Å²) in [5.41, 5.74) is 4.33. The minimum absolute atomic E-state index is 0.180. The number of amides is 1. The van der Waals surface area contributed by atoms with E-state index in [0.29, 0.717) is 5.69 Å². The second kappa shape index (κ2) is 5.05. The number of pyridine rings is 1. The monoisotopic (exact) mass is 279 g/mol. The highest BCUT2D eigenvalue weighted by atomic mass is 16.1. The molecule has 4 heteroatoms. The molecule has 0 bridgehead atoms. The zero-order chi connectivity index (χ0) is 15.0. The molecule has 0 aliphatic heterocycles. The van der Waals surface area contributed by atoms with E-state index in [2.05, 4.69) is 10.3 Å². The molecule has 4 nitrogen and oxygen atoms in total. The molecule has 106 valence electrons. The lowest BCUT2D eigenvalue weighted by atomic mass is 10.1. The summed E-state index contributed by atoms with van der Waals surface area (Å²) in [7, 11) is 0. The third-order valence-corrected chi connectivity index (χ3v) is 3.79. The van der Waals surface area contributed by atoms with Crippen molar-refractivity contribution in [2.75, 3.05) is 5.32 Å². The molecule has 1 amide bonds. The molecule has 0 saturated heterocycles. The van der Waals surface area contributed by atoms with Gasteiger partial charge in [-0.1, -0.05) is 18.2 Å². The molecule has 0 atom stereocenters. The standard InChI is InChI=1S/C17H17N3O/c1-11-7-6-8-14(12(11)2)19-17(21)16-15-9-4-5-10-20(15)13(3)18-16/h4-10H,1-3H3,(H,19,21). The number of carbonyl (C=O) groups is 1. The van der Waals surface area contributed by atoms with Gasteiger partial charge < -0.3 is 9.72 Å². The number of carbonyl (C=O) groups excluding carboxylic acids is 1. The van der Waals surface area contributed by atoms with Gasteiger partial charge in [0.05, 0.1) is 5.52 Å².